The van der Waals surface area contributed by atoms with Gasteiger partial charge in [-0.3, -0.25) is 0 Å². The molecule has 0 aliphatic rings. The summed E-state index contributed by atoms with van der Waals surface area (Å²) in [6.07, 6.45) is 2.32. The number of rotatable bonds is 6. The van der Waals surface area contributed by atoms with Crippen LogP contribution in [0, 0.1) is 0 Å². The Bertz CT molecular complexity index is 1030. The number of H-pyrrole nitrogens is 1. The van der Waals surface area contributed by atoms with Gasteiger partial charge in [0.1, 0.15) is 11.5 Å². The number of hydrogen-bond donors (Lipinski definition) is 2. The molecule has 0 unspecified atom stereocenters. The topological polar surface area (TPSA) is 53.6 Å². The van der Waals surface area contributed by atoms with Gasteiger partial charge in [-0.15, -0.1) is 11.3 Å². The van der Waals surface area contributed by atoms with Gasteiger partial charge >= 0.3 is 0 Å². The number of hydrogen-bond acceptors (Lipinski definition) is 5. The summed E-state index contributed by atoms with van der Waals surface area (Å²) in [4.78, 5) is 13.5. The molecule has 0 saturated carbocycles. The van der Waals surface area contributed by atoms with Crippen LogP contribution in [0.15, 0.2) is 65.0 Å². The van der Waals surface area contributed by atoms with Crippen molar-refractivity contribution >= 4 is 51.6 Å². The number of thiazole rings is 1. The predicted molar refractivity (Wildman–Crippen MR) is 115 cm³/mol. The van der Waals surface area contributed by atoms with E-state index in [1.54, 1.807) is 17.5 Å². The molecule has 2 aromatic heterocycles. The van der Waals surface area contributed by atoms with Gasteiger partial charge < -0.3 is 9.71 Å². The molecule has 0 aliphatic heterocycles. The molecule has 2 heterocycles. The lowest BCUT2D eigenvalue weighted by molar-refractivity contribution is 1.03. The summed E-state index contributed by atoms with van der Waals surface area (Å²) in [5.41, 5.74) is 2.57. The van der Waals surface area contributed by atoms with Crippen LogP contribution in [0.4, 0.5) is 5.13 Å². The first-order valence-corrected chi connectivity index (χ1v) is 10.5. The van der Waals surface area contributed by atoms with E-state index in [0.717, 1.165) is 32.8 Å². The zero-order valence-corrected chi connectivity index (χ0v) is 17.1. The number of anilines is 1. The summed E-state index contributed by atoms with van der Waals surface area (Å²) in [6, 6.07) is 15.6. The van der Waals surface area contributed by atoms with Crippen molar-refractivity contribution in [2.24, 2.45) is 0 Å². The molecular weight excluding hydrogens is 419 g/mol. The Morgan fingerprint density at radius 3 is 2.59 bits per heavy atom. The van der Waals surface area contributed by atoms with Gasteiger partial charge in [0.25, 0.3) is 0 Å². The van der Waals surface area contributed by atoms with Crippen molar-refractivity contribution in [1.29, 1.82) is 0 Å². The number of aromatic nitrogens is 3. The van der Waals surface area contributed by atoms with Crippen LogP contribution in [-0.4, -0.2) is 15.0 Å². The van der Waals surface area contributed by atoms with E-state index in [1.807, 2.05) is 53.9 Å². The zero-order chi connectivity index (χ0) is 18.6. The summed E-state index contributed by atoms with van der Waals surface area (Å²) in [6.45, 7) is 0. The van der Waals surface area contributed by atoms with E-state index < -0.39 is 0 Å². The highest BCUT2D eigenvalue weighted by Gasteiger charge is 2.12. The summed E-state index contributed by atoms with van der Waals surface area (Å²) < 4.78 is 3.27. The second-order valence-electron chi connectivity index (χ2n) is 5.68. The van der Waals surface area contributed by atoms with Gasteiger partial charge in [0, 0.05) is 26.7 Å². The summed E-state index contributed by atoms with van der Waals surface area (Å²) >= 11 is 15.6. The van der Waals surface area contributed by atoms with Crippen molar-refractivity contribution in [3.8, 4) is 11.4 Å². The summed E-state index contributed by atoms with van der Waals surface area (Å²) in [5.74, 6) is 0.793. The monoisotopic (exact) mass is 432 g/mol. The fourth-order valence-corrected chi connectivity index (χ4v) is 4.43. The Morgan fingerprint density at radius 1 is 1.04 bits per heavy atom. The Labute approximate surface area is 175 Å². The molecule has 2 N–H and O–H groups in total. The fraction of sp³-hybridized carbons (Fsp3) is 0.0526. The third-order valence-corrected chi connectivity index (χ3v) is 6.21. The first-order valence-electron chi connectivity index (χ1n) is 8.09. The van der Waals surface area contributed by atoms with E-state index in [1.165, 1.54) is 11.9 Å². The highest BCUT2D eigenvalue weighted by molar-refractivity contribution is 8.00. The summed E-state index contributed by atoms with van der Waals surface area (Å²) in [5, 5.41) is 4.11. The second-order valence-corrected chi connectivity index (χ2v) is 8.23. The SMILES string of the molecule is Clc1cccc(Cl)c1Cc1ncc(-c2csc(NSc3ccccc3)n2)[nH]1. The van der Waals surface area contributed by atoms with Gasteiger partial charge in [0.15, 0.2) is 5.13 Å². The molecule has 0 atom stereocenters. The largest absolute Gasteiger partial charge is 0.340 e. The second kappa shape index (κ2) is 8.35. The van der Waals surface area contributed by atoms with E-state index in [9.17, 15) is 0 Å². The first kappa shape index (κ1) is 18.4. The molecule has 0 saturated heterocycles. The summed E-state index contributed by atoms with van der Waals surface area (Å²) in [7, 11) is 0. The van der Waals surface area contributed by atoms with Crippen LogP contribution < -0.4 is 4.72 Å². The van der Waals surface area contributed by atoms with E-state index in [4.69, 9.17) is 23.2 Å². The number of halogens is 2. The lowest BCUT2D eigenvalue weighted by Gasteiger charge is -2.04. The third kappa shape index (κ3) is 4.47. The average molecular weight is 433 g/mol. The molecule has 27 heavy (non-hydrogen) atoms. The maximum Gasteiger partial charge on any atom is 0.193 e. The van der Waals surface area contributed by atoms with Crippen molar-refractivity contribution in [3.05, 3.63) is 81.5 Å². The molecule has 0 radical (unpaired) electrons. The molecule has 0 amide bonds. The maximum absolute atomic E-state index is 6.24. The Balaban J connectivity index is 1.45. The van der Waals surface area contributed by atoms with E-state index in [-0.39, 0.29) is 0 Å². The highest BCUT2D eigenvalue weighted by atomic mass is 35.5. The van der Waals surface area contributed by atoms with Gasteiger partial charge in [-0.25, -0.2) is 9.97 Å². The smallest absolute Gasteiger partial charge is 0.193 e. The van der Waals surface area contributed by atoms with Crippen LogP contribution >= 0.6 is 46.5 Å². The van der Waals surface area contributed by atoms with Crippen LogP contribution in [-0.2, 0) is 6.42 Å². The quantitative estimate of drug-likeness (QED) is 0.339. The highest BCUT2D eigenvalue weighted by Crippen LogP contribution is 2.29. The molecular formula is C19H14Cl2N4S2. The minimum absolute atomic E-state index is 0.539. The molecule has 136 valence electrons. The van der Waals surface area contributed by atoms with Crippen molar-refractivity contribution in [3.63, 3.8) is 0 Å². The third-order valence-electron chi connectivity index (χ3n) is 3.81. The molecule has 0 aliphatic carbocycles. The molecule has 4 aromatic rings. The molecule has 2 aromatic carbocycles. The minimum atomic E-state index is 0.539. The minimum Gasteiger partial charge on any atom is -0.340 e. The fourth-order valence-electron chi connectivity index (χ4n) is 2.49. The predicted octanol–water partition coefficient (Wildman–Crippen LogP) is 6.55. The lowest BCUT2D eigenvalue weighted by Crippen LogP contribution is -1.93. The van der Waals surface area contributed by atoms with Crippen molar-refractivity contribution < 1.29 is 0 Å². The van der Waals surface area contributed by atoms with Gasteiger partial charge in [0.2, 0.25) is 0 Å². The molecule has 4 nitrogen and oxygen atoms in total. The van der Waals surface area contributed by atoms with Crippen LogP contribution in [0.2, 0.25) is 10.0 Å². The van der Waals surface area contributed by atoms with E-state index in [0.29, 0.717) is 16.5 Å². The van der Waals surface area contributed by atoms with Crippen molar-refractivity contribution in [1.82, 2.24) is 15.0 Å². The van der Waals surface area contributed by atoms with E-state index in [2.05, 4.69) is 19.7 Å². The van der Waals surface area contributed by atoms with Gasteiger partial charge in [-0.05, 0) is 41.8 Å². The Kier molecular flexibility index (Phi) is 5.69. The van der Waals surface area contributed by atoms with Gasteiger partial charge in [-0.1, -0.05) is 47.5 Å². The van der Waals surface area contributed by atoms with Crippen LogP contribution in [0.5, 0.6) is 0 Å². The molecule has 4 rings (SSSR count). The van der Waals surface area contributed by atoms with Crippen molar-refractivity contribution in [2.45, 2.75) is 11.3 Å². The lowest BCUT2D eigenvalue weighted by atomic mass is 10.1. The number of nitrogens with one attached hydrogen (secondary N) is 2. The number of nitrogens with zero attached hydrogens (tertiary/aromatic N) is 2. The van der Waals surface area contributed by atoms with Gasteiger partial charge in [-0.2, -0.15) is 0 Å². The van der Waals surface area contributed by atoms with E-state index >= 15 is 0 Å². The number of aromatic amines is 1. The van der Waals surface area contributed by atoms with Crippen LogP contribution in [0.3, 0.4) is 0 Å². The number of benzene rings is 2. The first-order chi connectivity index (χ1) is 13.2. The Hall–Kier alpha value is -1.99. The van der Waals surface area contributed by atoms with Crippen LogP contribution in [0.1, 0.15) is 11.4 Å². The molecule has 0 fully saturated rings. The molecule has 0 bridgehead atoms. The van der Waals surface area contributed by atoms with Gasteiger partial charge in [0.05, 0.1) is 11.9 Å². The van der Waals surface area contributed by atoms with Crippen molar-refractivity contribution in [2.75, 3.05) is 4.72 Å². The average Bonchev–Trinajstić information content (AvgIpc) is 3.33. The molecule has 0 spiro atoms. The number of imidazole rings is 1. The Morgan fingerprint density at radius 2 is 1.81 bits per heavy atom. The normalized spacial score (nSPS) is 10.9. The maximum atomic E-state index is 6.24. The zero-order valence-electron chi connectivity index (χ0n) is 13.9. The standard InChI is InChI=1S/C19H14Cl2N4S2/c20-14-7-4-8-15(21)13(14)9-18-22-10-16(23-18)17-11-26-19(24-17)25-27-12-5-2-1-3-6-12/h1-8,10-11H,9H2,(H,22,23)(H,24,25). The molecule has 8 heteroatoms. The van der Waals surface area contributed by atoms with Crippen LogP contribution in [0.25, 0.3) is 11.4 Å².